The minimum atomic E-state index is -1.15. The number of hydrogen-bond donors (Lipinski definition) is 2. The van der Waals surface area contributed by atoms with E-state index >= 15 is 0 Å². The van der Waals surface area contributed by atoms with Crippen LogP contribution in [0.2, 0.25) is 0 Å². The van der Waals surface area contributed by atoms with Gasteiger partial charge in [0.05, 0.1) is 0 Å². The van der Waals surface area contributed by atoms with E-state index in [-0.39, 0.29) is 17.8 Å². The Morgan fingerprint density at radius 1 is 0.864 bits per heavy atom. The molecular weight excluding hydrogens is 297 g/mol. The summed E-state index contributed by atoms with van der Waals surface area (Å²) >= 11 is 0. The molecule has 0 fully saturated rings. The smallest absolute Gasteiger partial charge is 0.313 e. The molecule has 0 unspecified atom stereocenters. The van der Waals surface area contributed by atoms with Crippen LogP contribution in [0, 0.1) is 17.5 Å². The van der Waals surface area contributed by atoms with E-state index in [2.05, 4.69) is 10.6 Å². The molecule has 0 aliphatic rings. The van der Waals surface area contributed by atoms with Crippen molar-refractivity contribution in [3.8, 4) is 0 Å². The first-order valence-corrected chi connectivity index (χ1v) is 6.25. The van der Waals surface area contributed by atoms with E-state index in [0.717, 1.165) is 18.2 Å². The lowest BCUT2D eigenvalue weighted by Crippen LogP contribution is -2.35. The van der Waals surface area contributed by atoms with Crippen LogP contribution in [0.5, 0.6) is 0 Å². The molecule has 0 saturated carbocycles. The van der Waals surface area contributed by atoms with Gasteiger partial charge in [0.2, 0.25) is 0 Å². The molecule has 2 amide bonds. The largest absolute Gasteiger partial charge is 0.344 e. The van der Waals surface area contributed by atoms with Gasteiger partial charge in [0, 0.05) is 23.9 Å². The number of hydrogen-bond acceptors (Lipinski definition) is 2. The zero-order valence-corrected chi connectivity index (χ0v) is 11.2. The molecule has 0 aromatic heterocycles. The molecule has 0 heterocycles. The van der Waals surface area contributed by atoms with Crippen LogP contribution in [0.1, 0.15) is 5.56 Å². The highest BCUT2D eigenvalue weighted by Crippen LogP contribution is 2.13. The number of halogens is 3. The third-order valence-electron chi connectivity index (χ3n) is 2.78. The zero-order chi connectivity index (χ0) is 16.1. The van der Waals surface area contributed by atoms with E-state index in [0.29, 0.717) is 0 Å². The lowest BCUT2D eigenvalue weighted by atomic mass is 10.2. The Morgan fingerprint density at radius 2 is 1.59 bits per heavy atom. The first-order valence-electron chi connectivity index (χ1n) is 6.25. The predicted molar refractivity (Wildman–Crippen MR) is 73.2 cm³/mol. The Bertz CT molecular complexity index is 720. The molecule has 4 nitrogen and oxygen atoms in total. The molecule has 0 radical (unpaired) electrons. The Morgan fingerprint density at radius 3 is 2.27 bits per heavy atom. The highest BCUT2D eigenvalue weighted by atomic mass is 19.2. The predicted octanol–water partition coefficient (Wildman–Crippen LogP) is 2.36. The molecule has 7 heteroatoms. The maximum absolute atomic E-state index is 13.3. The highest BCUT2D eigenvalue weighted by molar-refractivity contribution is 6.39. The number of nitrogens with one attached hydrogen (secondary N) is 2. The maximum Gasteiger partial charge on any atom is 0.313 e. The summed E-state index contributed by atoms with van der Waals surface area (Å²) in [4.78, 5) is 23.2. The van der Waals surface area contributed by atoms with Crippen molar-refractivity contribution in [2.75, 3.05) is 5.32 Å². The molecule has 114 valence electrons. The van der Waals surface area contributed by atoms with Crippen LogP contribution in [0.15, 0.2) is 42.5 Å². The molecular formula is C15H11F3N2O2. The average Bonchev–Trinajstić information content (AvgIpc) is 2.50. The summed E-state index contributed by atoms with van der Waals surface area (Å²) in [5.74, 6) is -4.81. The van der Waals surface area contributed by atoms with Gasteiger partial charge in [0.1, 0.15) is 5.82 Å². The SMILES string of the molecule is O=C(NCc1ccccc1F)C(=O)Nc1ccc(F)c(F)c1. The third kappa shape index (κ3) is 3.85. The minimum absolute atomic E-state index is 0.0649. The summed E-state index contributed by atoms with van der Waals surface area (Å²) in [6.07, 6.45) is 0. The quantitative estimate of drug-likeness (QED) is 0.855. The number of carbonyl (C=O) groups excluding carboxylic acids is 2. The van der Waals surface area contributed by atoms with E-state index in [1.165, 1.54) is 18.2 Å². The fraction of sp³-hybridized carbons (Fsp3) is 0.0667. The normalized spacial score (nSPS) is 10.1. The number of rotatable bonds is 3. The van der Waals surface area contributed by atoms with Crippen molar-refractivity contribution >= 4 is 17.5 Å². The molecule has 0 aliphatic heterocycles. The second kappa shape index (κ2) is 6.75. The summed E-state index contributed by atoms with van der Waals surface area (Å²) in [6.45, 7) is -0.170. The summed E-state index contributed by atoms with van der Waals surface area (Å²) in [5, 5.41) is 4.34. The third-order valence-corrected chi connectivity index (χ3v) is 2.78. The van der Waals surface area contributed by atoms with Gasteiger partial charge < -0.3 is 10.6 Å². The molecule has 2 rings (SSSR count). The van der Waals surface area contributed by atoms with Gasteiger partial charge in [-0.1, -0.05) is 18.2 Å². The van der Waals surface area contributed by atoms with Crippen molar-refractivity contribution in [2.24, 2.45) is 0 Å². The van der Waals surface area contributed by atoms with Gasteiger partial charge in [-0.15, -0.1) is 0 Å². The highest BCUT2D eigenvalue weighted by Gasteiger charge is 2.15. The lowest BCUT2D eigenvalue weighted by Gasteiger charge is -2.07. The molecule has 0 spiro atoms. The monoisotopic (exact) mass is 308 g/mol. The van der Waals surface area contributed by atoms with Crippen molar-refractivity contribution < 1.29 is 22.8 Å². The fourth-order valence-electron chi connectivity index (χ4n) is 1.66. The minimum Gasteiger partial charge on any atom is -0.344 e. The summed E-state index contributed by atoms with van der Waals surface area (Å²) < 4.78 is 39.1. The maximum atomic E-state index is 13.3. The molecule has 0 aliphatic carbocycles. The van der Waals surface area contributed by atoms with E-state index in [1.807, 2.05) is 0 Å². The lowest BCUT2D eigenvalue weighted by molar-refractivity contribution is -0.136. The van der Waals surface area contributed by atoms with Crippen molar-refractivity contribution in [1.29, 1.82) is 0 Å². The van der Waals surface area contributed by atoms with Gasteiger partial charge in [-0.2, -0.15) is 0 Å². The van der Waals surface area contributed by atoms with Crippen LogP contribution >= 0.6 is 0 Å². The van der Waals surface area contributed by atoms with E-state index in [1.54, 1.807) is 6.07 Å². The first kappa shape index (κ1) is 15.6. The fourth-order valence-corrected chi connectivity index (χ4v) is 1.66. The van der Waals surface area contributed by atoms with E-state index < -0.39 is 29.3 Å². The van der Waals surface area contributed by atoms with Gasteiger partial charge in [0.25, 0.3) is 0 Å². The van der Waals surface area contributed by atoms with Gasteiger partial charge in [-0.3, -0.25) is 9.59 Å². The second-order valence-electron chi connectivity index (χ2n) is 4.36. The standard InChI is InChI=1S/C15H11F3N2O2/c16-11-4-2-1-3-9(11)8-19-14(21)15(22)20-10-5-6-12(17)13(18)7-10/h1-7H,8H2,(H,19,21)(H,20,22). The van der Waals surface area contributed by atoms with Crippen LogP contribution in [-0.4, -0.2) is 11.8 Å². The van der Waals surface area contributed by atoms with Crippen LogP contribution in [0.3, 0.4) is 0 Å². The average molecular weight is 308 g/mol. The van der Waals surface area contributed by atoms with Gasteiger partial charge in [-0.25, -0.2) is 13.2 Å². The molecule has 22 heavy (non-hydrogen) atoms. The molecule has 0 saturated heterocycles. The first-order chi connectivity index (χ1) is 10.5. The molecule has 2 aromatic rings. The van der Waals surface area contributed by atoms with Crippen LogP contribution in [0.25, 0.3) is 0 Å². The number of anilines is 1. The van der Waals surface area contributed by atoms with E-state index in [4.69, 9.17) is 0 Å². The van der Waals surface area contributed by atoms with Crippen molar-refractivity contribution in [2.45, 2.75) is 6.54 Å². The summed E-state index contributed by atoms with van der Waals surface area (Å²) in [7, 11) is 0. The molecule has 0 atom stereocenters. The van der Waals surface area contributed by atoms with Gasteiger partial charge in [0.15, 0.2) is 11.6 Å². The van der Waals surface area contributed by atoms with Crippen LogP contribution < -0.4 is 10.6 Å². The Balaban J connectivity index is 1.93. The second-order valence-corrected chi connectivity index (χ2v) is 4.36. The Labute approximate surface area is 124 Å². The molecule has 2 aromatic carbocycles. The van der Waals surface area contributed by atoms with Crippen LogP contribution in [-0.2, 0) is 16.1 Å². The summed E-state index contributed by atoms with van der Waals surface area (Å²) in [6, 6.07) is 8.45. The Kier molecular flexibility index (Phi) is 4.77. The number of amides is 2. The Hall–Kier alpha value is -2.83. The van der Waals surface area contributed by atoms with Gasteiger partial charge >= 0.3 is 11.8 Å². The van der Waals surface area contributed by atoms with Gasteiger partial charge in [-0.05, 0) is 18.2 Å². The number of benzene rings is 2. The van der Waals surface area contributed by atoms with Crippen LogP contribution in [0.4, 0.5) is 18.9 Å². The van der Waals surface area contributed by atoms with Crippen molar-refractivity contribution in [1.82, 2.24) is 5.32 Å². The van der Waals surface area contributed by atoms with Crippen molar-refractivity contribution in [3.63, 3.8) is 0 Å². The number of carbonyl (C=O) groups is 2. The zero-order valence-electron chi connectivity index (χ0n) is 11.2. The van der Waals surface area contributed by atoms with Crippen molar-refractivity contribution in [3.05, 3.63) is 65.5 Å². The molecule has 2 N–H and O–H groups in total. The topological polar surface area (TPSA) is 58.2 Å². The van der Waals surface area contributed by atoms with E-state index in [9.17, 15) is 22.8 Å². The molecule has 0 bridgehead atoms. The summed E-state index contributed by atoms with van der Waals surface area (Å²) in [5.41, 5.74) is 0.154.